The van der Waals surface area contributed by atoms with Crippen LogP contribution in [0, 0.1) is 0 Å². The van der Waals surface area contributed by atoms with Crippen LogP contribution in [0.2, 0.25) is 5.02 Å². The SMILES string of the molecule is O=C(Nc1ccc(Cl)cc1C(F)(F)F)c1ccc(C2CC2)nn1. The van der Waals surface area contributed by atoms with Crippen molar-refractivity contribution in [2.45, 2.75) is 24.9 Å². The van der Waals surface area contributed by atoms with Gasteiger partial charge in [-0.25, -0.2) is 0 Å². The van der Waals surface area contributed by atoms with E-state index in [1.54, 1.807) is 6.07 Å². The van der Waals surface area contributed by atoms with Gasteiger partial charge in [-0.1, -0.05) is 11.6 Å². The van der Waals surface area contributed by atoms with Crippen molar-refractivity contribution in [3.8, 4) is 0 Å². The molecule has 1 amide bonds. The van der Waals surface area contributed by atoms with Crippen LogP contribution in [0.4, 0.5) is 18.9 Å². The van der Waals surface area contributed by atoms with Crippen molar-refractivity contribution in [2.75, 3.05) is 5.32 Å². The van der Waals surface area contributed by atoms with Crippen LogP contribution in [0.1, 0.15) is 40.5 Å². The number of rotatable bonds is 3. The summed E-state index contributed by atoms with van der Waals surface area (Å²) in [6.07, 6.45) is -2.55. The largest absolute Gasteiger partial charge is 0.418 e. The van der Waals surface area contributed by atoms with Crippen molar-refractivity contribution in [1.82, 2.24) is 10.2 Å². The van der Waals surface area contributed by atoms with Gasteiger partial charge in [-0.05, 0) is 43.2 Å². The van der Waals surface area contributed by atoms with Crippen LogP contribution in [0.25, 0.3) is 0 Å². The third-order valence-electron chi connectivity index (χ3n) is 3.45. The predicted octanol–water partition coefficient (Wildman–Crippen LogP) is 4.28. The molecule has 0 radical (unpaired) electrons. The van der Waals surface area contributed by atoms with Gasteiger partial charge in [0.1, 0.15) is 0 Å². The summed E-state index contributed by atoms with van der Waals surface area (Å²) in [6, 6.07) is 6.27. The Kier molecular flexibility index (Phi) is 3.97. The Labute approximate surface area is 134 Å². The number of carbonyl (C=O) groups is 1. The maximum Gasteiger partial charge on any atom is 0.418 e. The summed E-state index contributed by atoms with van der Waals surface area (Å²) in [7, 11) is 0. The van der Waals surface area contributed by atoms with Crippen LogP contribution in [0.5, 0.6) is 0 Å². The number of hydrogen-bond acceptors (Lipinski definition) is 3. The van der Waals surface area contributed by atoms with Crippen LogP contribution in [0.3, 0.4) is 0 Å². The summed E-state index contributed by atoms with van der Waals surface area (Å²) in [5, 5.41) is 9.85. The Morgan fingerprint density at radius 2 is 1.91 bits per heavy atom. The third-order valence-corrected chi connectivity index (χ3v) is 3.68. The number of anilines is 1. The number of alkyl halides is 3. The van der Waals surface area contributed by atoms with E-state index in [0.717, 1.165) is 30.7 Å². The minimum atomic E-state index is -4.63. The highest BCUT2D eigenvalue weighted by molar-refractivity contribution is 6.30. The molecule has 1 fully saturated rings. The average Bonchev–Trinajstić information content (AvgIpc) is 3.33. The van der Waals surface area contributed by atoms with E-state index in [9.17, 15) is 18.0 Å². The fraction of sp³-hybridized carbons (Fsp3) is 0.267. The predicted molar refractivity (Wildman–Crippen MR) is 78.4 cm³/mol. The van der Waals surface area contributed by atoms with Gasteiger partial charge in [0.05, 0.1) is 16.9 Å². The van der Waals surface area contributed by atoms with Gasteiger partial charge in [0.15, 0.2) is 5.69 Å². The van der Waals surface area contributed by atoms with E-state index in [1.807, 2.05) is 0 Å². The molecule has 0 unspecified atom stereocenters. The van der Waals surface area contributed by atoms with Crippen molar-refractivity contribution in [3.63, 3.8) is 0 Å². The second-order valence-corrected chi connectivity index (χ2v) is 5.70. The molecule has 0 saturated heterocycles. The first-order valence-electron chi connectivity index (χ1n) is 6.86. The van der Waals surface area contributed by atoms with Crippen LogP contribution in [-0.2, 0) is 6.18 Å². The molecule has 1 aromatic carbocycles. The Morgan fingerprint density at radius 1 is 1.17 bits per heavy atom. The van der Waals surface area contributed by atoms with Crippen molar-refractivity contribution in [2.24, 2.45) is 0 Å². The third kappa shape index (κ3) is 3.61. The average molecular weight is 342 g/mol. The van der Waals surface area contributed by atoms with E-state index in [4.69, 9.17) is 11.6 Å². The molecule has 0 aliphatic heterocycles. The maximum absolute atomic E-state index is 13.0. The number of hydrogen-bond donors (Lipinski definition) is 1. The van der Waals surface area contributed by atoms with E-state index < -0.39 is 17.6 Å². The second-order valence-electron chi connectivity index (χ2n) is 5.26. The lowest BCUT2D eigenvalue weighted by atomic mass is 10.1. The molecule has 1 aromatic heterocycles. The van der Waals surface area contributed by atoms with Crippen molar-refractivity contribution in [1.29, 1.82) is 0 Å². The quantitative estimate of drug-likeness (QED) is 0.906. The highest BCUT2D eigenvalue weighted by Gasteiger charge is 2.34. The van der Waals surface area contributed by atoms with E-state index >= 15 is 0 Å². The van der Waals surface area contributed by atoms with Gasteiger partial charge in [-0.3, -0.25) is 4.79 Å². The summed E-state index contributed by atoms with van der Waals surface area (Å²) in [6.45, 7) is 0. The zero-order valence-corrected chi connectivity index (χ0v) is 12.4. The number of benzene rings is 1. The lowest BCUT2D eigenvalue weighted by Gasteiger charge is -2.13. The van der Waals surface area contributed by atoms with Gasteiger partial charge in [0.25, 0.3) is 5.91 Å². The van der Waals surface area contributed by atoms with Gasteiger partial charge < -0.3 is 5.32 Å². The topological polar surface area (TPSA) is 54.9 Å². The lowest BCUT2D eigenvalue weighted by molar-refractivity contribution is -0.136. The monoisotopic (exact) mass is 341 g/mol. The normalized spacial score (nSPS) is 14.6. The van der Waals surface area contributed by atoms with Crippen molar-refractivity contribution < 1.29 is 18.0 Å². The van der Waals surface area contributed by atoms with Crippen LogP contribution in [0.15, 0.2) is 30.3 Å². The molecule has 3 rings (SSSR count). The molecule has 1 saturated carbocycles. The molecule has 23 heavy (non-hydrogen) atoms. The Balaban J connectivity index is 1.82. The minimum absolute atomic E-state index is 0.0440. The molecule has 4 nitrogen and oxygen atoms in total. The fourth-order valence-corrected chi connectivity index (χ4v) is 2.28. The number of halogens is 4. The van der Waals surface area contributed by atoms with Crippen LogP contribution < -0.4 is 5.32 Å². The number of nitrogens with zero attached hydrogens (tertiary/aromatic N) is 2. The van der Waals surface area contributed by atoms with E-state index in [0.29, 0.717) is 5.92 Å². The molecule has 2 aromatic rings. The summed E-state index contributed by atoms with van der Waals surface area (Å²) >= 11 is 5.59. The van der Waals surface area contributed by atoms with Crippen molar-refractivity contribution in [3.05, 3.63) is 52.3 Å². The molecule has 120 valence electrons. The highest BCUT2D eigenvalue weighted by atomic mass is 35.5. The molecule has 0 atom stereocenters. The number of carbonyl (C=O) groups excluding carboxylic acids is 1. The molecule has 0 spiro atoms. The lowest BCUT2D eigenvalue weighted by Crippen LogP contribution is -2.18. The Hall–Kier alpha value is -2.15. The summed E-state index contributed by atoms with van der Waals surface area (Å²) < 4.78 is 39.0. The summed E-state index contributed by atoms with van der Waals surface area (Å²) in [5.74, 6) is -0.375. The van der Waals surface area contributed by atoms with Crippen LogP contribution >= 0.6 is 11.6 Å². The van der Waals surface area contributed by atoms with Gasteiger partial charge in [0, 0.05) is 10.9 Å². The number of nitrogens with one attached hydrogen (secondary N) is 1. The smallest absolute Gasteiger partial charge is 0.320 e. The number of amides is 1. The molecule has 0 bridgehead atoms. The molecule has 8 heteroatoms. The highest BCUT2D eigenvalue weighted by Crippen LogP contribution is 2.38. The molecular formula is C15H11ClF3N3O. The van der Waals surface area contributed by atoms with E-state index in [1.165, 1.54) is 12.1 Å². The molecule has 1 N–H and O–H groups in total. The summed E-state index contributed by atoms with van der Waals surface area (Å²) in [4.78, 5) is 12.1. The fourth-order valence-electron chi connectivity index (χ4n) is 2.11. The molecule has 1 aliphatic carbocycles. The molecular weight excluding hydrogens is 331 g/mol. The standard InChI is InChI=1S/C15H11ClF3N3O/c16-9-3-4-12(10(7-9)15(17,18)19)20-14(23)13-6-5-11(21-22-13)8-1-2-8/h3-8H,1-2H2,(H,20,23). The van der Waals surface area contributed by atoms with E-state index in [2.05, 4.69) is 15.5 Å². The number of aromatic nitrogens is 2. The van der Waals surface area contributed by atoms with Crippen molar-refractivity contribution >= 4 is 23.2 Å². The second kappa shape index (κ2) is 5.81. The maximum atomic E-state index is 13.0. The molecule has 1 heterocycles. The first-order chi connectivity index (χ1) is 10.8. The molecule has 1 aliphatic rings. The van der Waals surface area contributed by atoms with Gasteiger partial charge in [-0.15, -0.1) is 5.10 Å². The van der Waals surface area contributed by atoms with E-state index in [-0.39, 0.29) is 16.4 Å². The first-order valence-corrected chi connectivity index (χ1v) is 7.24. The zero-order chi connectivity index (χ0) is 16.6. The minimum Gasteiger partial charge on any atom is -0.320 e. The zero-order valence-electron chi connectivity index (χ0n) is 11.7. The Bertz CT molecular complexity index is 743. The van der Waals surface area contributed by atoms with Gasteiger partial charge in [-0.2, -0.15) is 18.3 Å². The first kappa shape index (κ1) is 15.7. The Morgan fingerprint density at radius 3 is 2.48 bits per heavy atom. The van der Waals surface area contributed by atoms with Gasteiger partial charge >= 0.3 is 6.18 Å². The summed E-state index contributed by atoms with van der Waals surface area (Å²) in [5.41, 5.74) is -0.637. The van der Waals surface area contributed by atoms with Gasteiger partial charge in [0.2, 0.25) is 0 Å². The van der Waals surface area contributed by atoms with Crippen LogP contribution in [-0.4, -0.2) is 16.1 Å².